The topological polar surface area (TPSA) is 0 Å². The molecule has 0 aliphatic heterocycles. The largest absolute Gasteiger partial charge is 0.366 e. The third-order valence-corrected chi connectivity index (χ3v) is 1.05. The standard InChI is InChI=1S/CH2BCl3/c3-1-2(4)5/h1H2. The molecule has 0 aliphatic carbocycles. The summed E-state index contributed by atoms with van der Waals surface area (Å²) in [7, 11) is 0. The molecule has 0 rings (SSSR count). The van der Waals surface area contributed by atoms with Crippen LogP contribution in [0.4, 0.5) is 0 Å². The molecule has 0 amide bonds. The van der Waals surface area contributed by atoms with Gasteiger partial charge >= 0.3 is 5.54 Å². The molecule has 0 spiro atoms. The summed E-state index contributed by atoms with van der Waals surface area (Å²) in [6.45, 7) is 0. The Labute approximate surface area is 46.3 Å². The summed E-state index contributed by atoms with van der Waals surface area (Å²) in [5, 5.41) is 0. The van der Waals surface area contributed by atoms with Crippen LogP contribution in [0.3, 0.4) is 0 Å². The molecule has 0 aromatic heterocycles. The minimum absolute atomic E-state index is 0.309. The van der Waals surface area contributed by atoms with Gasteiger partial charge in [-0.3, -0.25) is 0 Å². The zero-order valence-electron chi connectivity index (χ0n) is 2.42. The zero-order chi connectivity index (χ0) is 4.28. The Hall–Kier alpha value is 0.935. The summed E-state index contributed by atoms with van der Waals surface area (Å²) in [5.74, 6) is 0.309. The van der Waals surface area contributed by atoms with E-state index in [4.69, 9.17) is 34.5 Å². The average molecular weight is 131 g/mol. The quantitative estimate of drug-likeness (QED) is 0.375. The van der Waals surface area contributed by atoms with E-state index in [9.17, 15) is 0 Å². The van der Waals surface area contributed by atoms with Crippen LogP contribution in [0, 0.1) is 0 Å². The first kappa shape index (κ1) is 5.93. The predicted molar refractivity (Wildman–Crippen MR) is 28.2 cm³/mol. The van der Waals surface area contributed by atoms with Crippen LogP contribution in [-0.4, -0.2) is 11.3 Å². The second-order valence-corrected chi connectivity index (χ2v) is 2.13. The van der Waals surface area contributed by atoms with Crippen molar-refractivity contribution in [2.75, 3.05) is 5.78 Å². The molecule has 4 heteroatoms. The second kappa shape index (κ2) is 3.14. The van der Waals surface area contributed by atoms with Gasteiger partial charge in [0.1, 0.15) is 0 Å². The minimum atomic E-state index is -0.406. The Morgan fingerprint density at radius 3 is 1.60 bits per heavy atom. The van der Waals surface area contributed by atoms with E-state index in [1.165, 1.54) is 0 Å². The van der Waals surface area contributed by atoms with Gasteiger partial charge in [-0.2, -0.15) is 22.9 Å². The molecule has 0 aliphatic rings. The van der Waals surface area contributed by atoms with E-state index in [1.54, 1.807) is 0 Å². The predicted octanol–water partition coefficient (Wildman–Crippen LogP) is 1.73. The van der Waals surface area contributed by atoms with Crippen LogP contribution in [0.15, 0.2) is 0 Å². The Bertz CT molecular complexity index is 20.9. The van der Waals surface area contributed by atoms with Gasteiger partial charge in [-0.15, -0.1) is 11.6 Å². The number of rotatable bonds is 1. The molecule has 0 aromatic carbocycles. The third kappa shape index (κ3) is 4.93. The molecular formula is CH2BCl3. The fraction of sp³-hybridized carbons (Fsp3) is 1.00. The fourth-order valence-electron chi connectivity index (χ4n) is 0. The van der Waals surface area contributed by atoms with Gasteiger partial charge in [0, 0.05) is 5.78 Å². The lowest BCUT2D eigenvalue weighted by atomic mass is 10.2. The van der Waals surface area contributed by atoms with Crippen LogP contribution < -0.4 is 0 Å². The summed E-state index contributed by atoms with van der Waals surface area (Å²) in [6, 6.07) is 0. The van der Waals surface area contributed by atoms with E-state index >= 15 is 0 Å². The van der Waals surface area contributed by atoms with Crippen molar-refractivity contribution in [3.8, 4) is 0 Å². The average Bonchev–Trinajstić information content (AvgIpc) is 1.38. The van der Waals surface area contributed by atoms with Crippen LogP contribution in [0.2, 0.25) is 0 Å². The Morgan fingerprint density at radius 1 is 1.40 bits per heavy atom. The van der Waals surface area contributed by atoms with Gasteiger partial charge in [-0.25, -0.2) is 0 Å². The molecule has 0 N–H and O–H groups in total. The number of hydrogen-bond donors (Lipinski definition) is 0. The first-order valence-corrected chi connectivity index (χ1v) is 2.52. The van der Waals surface area contributed by atoms with Gasteiger partial charge in [-0.05, 0) is 0 Å². The van der Waals surface area contributed by atoms with Crippen molar-refractivity contribution < 1.29 is 0 Å². The van der Waals surface area contributed by atoms with Crippen LogP contribution >= 0.6 is 34.5 Å². The number of halogens is 3. The van der Waals surface area contributed by atoms with Crippen LogP contribution in [0.25, 0.3) is 0 Å². The van der Waals surface area contributed by atoms with Crippen molar-refractivity contribution in [1.82, 2.24) is 0 Å². The minimum Gasteiger partial charge on any atom is -0.170 e. The molecule has 0 heterocycles. The molecule has 30 valence electrons. The van der Waals surface area contributed by atoms with Gasteiger partial charge in [-0.1, -0.05) is 0 Å². The summed E-state index contributed by atoms with van der Waals surface area (Å²) in [5.41, 5.74) is -0.406. The van der Waals surface area contributed by atoms with E-state index in [1.807, 2.05) is 0 Å². The van der Waals surface area contributed by atoms with Gasteiger partial charge in [0.2, 0.25) is 0 Å². The molecular weight excluding hydrogens is 129 g/mol. The van der Waals surface area contributed by atoms with Crippen molar-refractivity contribution in [1.29, 1.82) is 0 Å². The molecule has 5 heavy (non-hydrogen) atoms. The summed E-state index contributed by atoms with van der Waals surface area (Å²) in [6.07, 6.45) is 0. The monoisotopic (exact) mass is 130 g/mol. The van der Waals surface area contributed by atoms with E-state index in [0.29, 0.717) is 5.78 Å². The van der Waals surface area contributed by atoms with Crippen molar-refractivity contribution in [2.45, 2.75) is 0 Å². The summed E-state index contributed by atoms with van der Waals surface area (Å²) in [4.78, 5) is 0. The smallest absolute Gasteiger partial charge is 0.170 e. The van der Waals surface area contributed by atoms with Crippen molar-refractivity contribution in [3.63, 3.8) is 0 Å². The maximum Gasteiger partial charge on any atom is 0.366 e. The van der Waals surface area contributed by atoms with Gasteiger partial charge in [0.05, 0.1) is 0 Å². The Morgan fingerprint density at radius 2 is 1.60 bits per heavy atom. The van der Waals surface area contributed by atoms with E-state index in [2.05, 4.69) is 0 Å². The maximum absolute atomic E-state index is 5.10. The summed E-state index contributed by atoms with van der Waals surface area (Å²) < 4.78 is 0. The number of alkyl halides is 1. The fourth-order valence-corrected chi connectivity index (χ4v) is 0. The molecule has 0 bridgehead atoms. The van der Waals surface area contributed by atoms with Crippen molar-refractivity contribution in [3.05, 3.63) is 0 Å². The highest BCUT2D eigenvalue weighted by molar-refractivity contribution is 7.35. The van der Waals surface area contributed by atoms with E-state index in [0.717, 1.165) is 0 Å². The highest BCUT2D eigenvalue weighted by Gasteiger charge is 1.98. The van der Waals surface area contributed by atoms with E-state index < -0.39 is 5.54 Å². The third-order valence-electron chi connectivity index (χ3n) is 0.117. The normalized spacial score (nSPS) is 7.80. The lowest BCUT2D eigenvalue weighted by Gasteiger charge is -1.75. The molecule has 0 saturated carbocycles. The van der Waals surface area contributed by atoms with Crippen molar-refractivity contribution in [2.24, 2.45) is 0 Å². The number of hydrogen-bond acceptors (Lipinski definition) is 0. The molecule has 0 radical (unpaired) electrons. The molecule has 0 unspecified atom stereocenters. The highest BCUT2D eigenvalue weighted by atomic mass is 35.5. The Kier molecular flexibility index (Phi) is 3.72. The lowest BCUT2D eigenvalue weighted by molar-refractivity contribution is 2.16. The van der Waals surface area contributed by atoms with Crippen molar-refractivity contribution >= 4 is 40.1 Å². The maximum atomic E-state index is 5.10. The molecule has 0 aromatic rings. The van der Waals surface area contributed by atoms with Crippen LogP contribution in [-0.2, 0) is 0 Å². The second-order valence-electron chi connectivity index (χ2n) is 0.545. The highest BCUT2D eigenvalue weighted by Crippen LogP contribution is 1.95. The van der Waals surface area contributed by atoms with Gasteiger partial charge < -0.3 is 0 Å². The zero-order valence-corrected chi connectivity index (χ0v) is 4.69. The van der Waals surface area contributed by atoms with Crippen LogP contribution in [0.5, 0.6) is 0 Å². The SMILES string of the molecule is ClCB(Cl)Cl. The first-order chi connectivity index (χ1) is 2.27. The van der Waals surface area contributed by atoms with Gasteiger partial charge in [0.25, 0.3) is 0 Å². The van der Waals surface area contributed by atoms with E-state index in [-0.39, 0.29) is 0 Å². The summed E-state index contributed by atoms with van der Waals surface area (Å²) >= 11 is 15.3. The van der Waals surface area contributed by atoms with Crippen LogP contribution in [0.1, 0.15) is 0 Å². The van der Waals surface area contributed by atoms with Gasteiger partial charge in [0.15, 0.2) is 0 Å². The molecule has 0 saturated heterocycles. The first-order valence-electron chi connectivity index (χ1n) is 1.11. The lowest BCUT2D eigenvalue weighted by Crippen LogP contribution is -1.91. The molecule has 0 nitrogen and oxygen atoms in total. The molecule has 0 atom stereocenters. The molecule has 0 fully saturated rings. The Balaban J connectivity index is 2.54.